The highest BCUT2D eigenvalue weighted by molar-refractivity contribution is 6.04. The normalized spacial score (nSPS) is 26.8. The Morgan fingerprint density at radius 3 is 2.35 bits per heavy atom. The van der Waals surface area contributed by atoms with Crippen molar-refractivity contribution in [2.45, 2.75) is 114 Å². The van der Waals surface area contributed by atoms with E-state index >= 15 is 0 Å². The smallest absolute Gasteiger partial charge is 0.354 e. The van der Waals surface area contributed by atoms with Crippen LogP contribution in [0.25, 0.3) is 0 Å². The van der Waals surface area contributed by atoms with Crippen LogP contribution in [-0.4, -0.2) is 157 Å². The minimum absolute atomic E-state index is 0.0454. The summed E-state index contributed by atoms with van der Waals surface area (Å²) in [7, 11) is 3.36. The molecule has 7 N–H and O–H groups in total. The van der Waals surface area contributed by atoms with E-state index in [4.69, 9.17) is 25.3 Å². The number of amides is 2. The number of fused-ring (bicyclic) bond motifs is 1. The van der Waals surface area contributed by atoms with Gasteiger partial charge in [-0.05, 0) is 82.9 Å². The maximum absolute atomic E-state index is 13.3. The molecule has 0 bridgehead atoms. The number of likely N-dealkylation sites (N-methyl/N-ethyl adjacent to an activating group) is 1. The molecular formula is C42H62N12O8. The Morgan fingerprint density at radius 2 is 1.74 bits per heavy atom. The fourth-order valence-corrected chi connectivity index (χ4v) is 8.96. The van der Waals surface area contributed by atoms with E-state index in [-0.39, 0.29) is 35.9 Å². The molecule has 3 aliphatic heterocycles. The SMILES string of the molecule is CC[C@@H]1C(=O)N(C)c2cnc(Nc3ccc(C(=O)NC4CCC(N5CCN(CC6CC6)CC5)CC4)cc3OC)nc2N1C(C)C.Nc1ncn([C@@H]2O[C@H](CO)[C@@H](O)[C@H]2O)c(=O)n1. The third-order valence-electron chi connectivity index (χ3n) is 12.7. The zero-order valence-corrected chi connectivity index (χ0v) is 36.3. The maximum Gasteiger partial charge on any atom is 0.354 e. The van der Waals surface area contributed by atoms with Crippen LogP contribution in [0, 0.1) is 5.92 Å². The molecule has 2 saturated carbocycles. The molecule has 20 nitrogen and oxygen atoms in total. The number of benzene rings is 1. The Hall–Kier alpha value is -4.99. The van der Waals surface area contributed by atoms with Gasteiger partial charge in [0, 0.05) is 63.5 Å². The predicted molar refractivity (Wildman–Crippen MR) is 231 cm³/mol. The van der Waals surface area contributed by atoms with Gasteiger partial charge in [-0.3, -0.25) is 19.1 Å². The molecule has 5 aliphatic rings. The Balaban J connectivity index is 0.000000284. The van der Waals surface area contributed by atoms with E-state index in [1.807, 2.05) is 19.1 Å². The monoisotopic (exact) mass is 862 g/mol. The summed E-state index contributed by atoms with van der Waals surface area (Å²) in [5.74, 6) is 2.39. The van der Waals surface area contributed by atoms with Crippen LogP contribution in [0.4, 0.5) is 29.1 Å². The van der Waals surface area contributed by atoms with Crippen LogP contribution in [0.5, 0.6) is 5.75 Å². The molecule has 1 aromatic carbocycles. The van der Waals surface area contributed by atoms with Gasteiger partial charge in [-0.1, -0.05) is 6.92 Å². The van der Waals surface area contributed by atoms with Crippen LogP contribution >= 0.6 is 0 Å². The zero-order chi connectivity index (χ0) is 44.2. The van der Waals surface area contributed by atoms with Crippen LogP contribution in [0.15, 0.2) is 35.5 Å². The lowest BCUT2D eigenvalue weighted by atomic mass is 9.89. The molecule has 338 valence electrons. The van der Waals surface area contributed by atoms with Gasteiger partial charge < -0.3 is 55.9 Å². The van der Waals surface area contributed by atoms with Crippen LogP contribution in [0.1, 0.15) is 82.3 Å². The lowest BCUT2D eigenvalue weighted by Crippen LogP contribution is -2.54. The number of nitrogens with two attached hydrogens (primary N) is 1. The first kappa shape index (κ1) is 45.0. The molecule has 0 spiro atoms. The Morgan fingerprint density at radius 1 is 1.02 bits per heavy atom. The average Bonchev–Trinajstić information content (AvgIpc) is 4.05. The summed E-state index contributed by atoms with van der Waals surface area (Å²) in [6, 6.07) is 6.05. The molecule has 8 rings (SSSR count). The minimum atomic E-state index is -1.35. The van der Waals surface area contributed by atoms with Crippen molar-refractivity contribution in [1.29, 1.82) is 0 Å². The second kappa shape index (κ2) is 19.6. The second-order valence-electron chi connectivity index (χ2n) is 17.2. The van der Waals surface area contributed by atoms with Gasteiger partial charge in [-0.15, -0.1) is 0 Å². The van der Waals surface area contributed by atoms with Crippen molar-refractivity contribution in [2.75, 3.05) is 74.3 Å². The van der Waals surface area contributed by atoms with E-state index in [2.05, 4.69) is 54.1 Å². The fourth-order valence-electron chi connectivity index (χ4n) is 8.96. The van der Waals surface area contributed by atoms with Crippen LogP contribution in [0.3, 0.4) is 0 Å². The molecule has 20 heteroatoms. The van der Waals surface area contributed by atoms with Crippen molar-refractivity contribution >= 4 is 40.9 Å². The maximum atomic E-state index is 13.3. The van der Waals surface area contributed by atoms with E-state index in [1.165, 1.54) is 45.6 Å². The lowest BCUT2D eigenvalue weighted by molar-refractivity contribution is -0.120. The van der Waals surface area contributed by atoms with E-state index < -0.39 is 36.8 Å². The number of carbonyl (C=O) groups is 2. The summed E-state index contributed by atoms with van der Waals surface area (Å²) in [6.45, 7) is 11.7. The van der Waals surface area contributed by atoms with Gasteiger partial charge in [0.05, 0.1) is 25.6 Å². The Labute approximate surface area is 361 Å². The minimum Gasteiger partial charge on any atom is -0.495 e. The summed E-state index contributed by atoms with van der Waals surface area (Å²) < 4.78 is 11.7. The lowest BCUT2D eigenvalue weighted by Gasteiger charge is -2.42. The molecule has 0 radical (unpaired) electrons. The van der Waals surface area contributed by atoms with Gasteiger partial charge in [0.25, 0.3) is 5.91 Å². The number of piperazine rings is 1. The molecule has 3 aromatic rings. The third kappa shape index (κ3) is 9.95. The number of nitrogen functional groups attached to an aromatic ring is 1. The highest BCUT2D eigenvalue weighted by Crippen LogP contribution is 2.38. The number of ether oxygens (including phenoxy) is 2. The number of aliphatic hydroxyl groups excluding tert-OH is 3. The van der Waals surface area contributed by atoms with Gasteiger partial charge in [0.1, 0.15) is 42.1 Å². The number of nitrogens with one attached hydrogen (secondary N) is 2. The number of aliphatic hydroxyl groups is 3. The number of anilines is 5. The highest BCUT2D eigenvalue weighted by atomic mass is 16.6. The Kier molecular flexibility index (Phi) is 14.2. The summed E-state index contributed by atoms with van der Waals surface area (Å²) in [4.78, 5) is 63.1. The number of methoxy groups -OCH3 is 1. The number of hydrogen-bond acceptors (Lipinski definition) is 17. The van der Waals surface area contributed by atoms with E-state index in [9.17, 15) is 24.6 Å². The topological polar surface area (TPSA) is 250 Å². The molecular weight excluding hydrogens is 801 g/mol. The summed E-state index contributed by atoms with van der Waals surface area (Å²) >= 11 is 0. The van der Waals surface area contributed by atoms with Crippen LogP contribution < -0.4 is 36.6 Å². The predicted octanol–water partition coefficient (Wildman–Crippen LogP) is 1.10. The van der Waals surface area contributed by atoms with Gasteiger partial charge in [0.2, 0.25) is 17.8 Å². The summed E-state index contributed by atoms with van der Waals surface area (Å²) in [6.07, 6.45) is 5.84. The largest absolute Gasteiger partial charge is 0.495 e. The standard InChI is InChI=1S/C34H50N8O3.C8H12N4O5/c1-6-28-33(44)39(4)29-20-35-34(38-31(29)42(28)22(2)3)37-27-14-9-24(19-30(27)45-5)32(43)36-25-10-12-26(13-11-25)41-17-15-40(16-18-41)21-23-7-8-23;9-7-10-2-12(8(16)11-7)6-5(15)4(14)3(1-13)17-6/h9,14,19-20,22-23,25-26,28H,6-8,10-13,15-18,21H2,1-5H3,(H,36,43)(H,35,37,38);2-6,13-15H,1H2,(H2,9,11,16)/t25?,26?,28-;3-,4-,5-,6-/m11/s1. The summed E-state index contributed by atoms with van der Waals surface area (Å²) in [5, 5.41) is 34.6. The van der Waals surface area contributed by atoms with Crippen molar-refractivity contribution < 1.29 is 34.4 Å². The van der Waals surface area contributed by atoms with Gasteiger partial charge in [-0.25, -0.2) is 14.8 Å². The molecule has 5 heterocycles. The van der Waals surface area contributed by atoms with Crippen molar-refractivity contribution in [3.05, 3.63) is 46.8 Å². The summed E-state index contributed by atoms with van der Waals surface area (Å²) in [5.41, 5.74) is 6.37. The van der Waals surface area contributed by atoms with Crippen molar-refractivity contribution in [3.8, 4) is 5.75 Å². The molecule has 2 aliphatic carbocycles. The molecule has 62 heavy (non-hydrogen) atoms. The third-order valence-corrected chi connectivity index (χ3v) is 12.7. The fraction of sp³-hybridized carbons (Fsp3) is 0.643. The van der Waals surface area contributed by atoms with Gasteiger partial charge >= 0.3 is 5.69 Å². The first-order valence-electron chi connectivity index (χ1n) is 21.8. The quantitative estimate of drug-likeness (QED) is 0.149. The van der Waals surface area contributed by atoms with Crippen molar-refractivity contribution in [3.63, 3.8) is 0 Å². The number of hydrogen-bond donors (Lipinski definition) is 6. The molecule has 2 saturated heterocycles. The molecule has 2 aromatic heterocycles. The number of carbonyl (C=O) groups excluding carboxylic acids is 2. The van der Waals surface area contributed by atoms with Gasteiger partial charge in [-0.2, -0.15) is 9.97 Å². The van der Waals surface area contributed by atoms with E-state index in [1.54, 1.807) is 31.3 Å². The van der Waals surface area contributed by atoms with Crippen LogP contribution in [0.2, 0.25) is 0 Å². The first-order chi connectivity index (χ1) is 29.8. The molecule has 5 atom stereocenters. The number of nitrogens with zero attached hydrogens (tertiary/aromatic N) is 9. The van der Waals surface area contributed by atoms with E-state index in [0.29, 0.717) is 41.1 Å². The molecule has 2 amide bonds. The first-order valence-corrected chi connectivity index (χ1v) is 21.8. The number of rotatable bonds is 12. The Bertz CT molecular complexity index is 2090. The van der Waals surface area contributed by atoms with Crippen molar-refractivity contribution in [2.24, 2.45) is 5.92 Å². The molecule has 0 unspecified atom stereocenters. The van der Waals surface area contributed by atoms with Gasteiger partial charge in [0.15, 0.2) is 12.0 Å². The highest BCUT2D eigenvalue weighted by Gasteiger charge is 2.44. The zero-order valence-electron chi connectivity index (χ0n) is 36.3. The number of aromatic nitrogens is 5. The second-order valence-corrected chi connectivity index (χ2v) is 17.2. The molecule has 4 fully saturated rings. The van der Waals surface area contributed by atoms with Crippen LogP contribution in [-0.2, 0) is 9.53 Å². The van der Waals surface area contributed by atoms with Crippen molar-refractivity contribution in [1.82, 2.24) is 39.6 Å². The average molecular weight is 863 g/mol. The van der Waals surface area contributed by atoms with E-state index in [0.717, 1.165) is 48.3 Å².